The molecule has 0 saturated heterocycles. The van der Waals surface area contributed by atoms with Gasteiger partial charge < -0.3 is 21.1 Å². The van der Waals surface area contributed by atoms with Crippen molar-refractivity contribution in [2.75, 3.05) is 0 Å². The number of carboxylic acids is 1. The van der Waals surface area contributed by atoms with Crippen LogP contribution < -0.4 is 5.73 Å². The second-order valence-corrected chi connectivity index (χ2v) is 3.59. The van der Waals surface area contributed by atoms with Crippen molar-refractivity contribution in [1.82, 2.24) is 4.98 Å². The summed E-state index contributed by atoms with van der Waals surface area (Å²) in [6.07, 6.45) is -2.74. The van der Waals surface area contributed by atoms with Crippen molar-refractivity contribution >= 4 is 11.9 Å². The van der Waals surface area contributed by atoms with E-state index in [0.29, 0.717) is 0 Å². The Kier molecular flexibility index (Phi) is 4.29. The van der Waals surface area contributed by atoms with E-state index in [1.165, 1.54) is 0 Å². The summed E-state index contributed by atoms with van der Waals surface area (Å²) in [6, 6.07) is 0.833. The van der Waals surface area contributed by atoms with Gasteiger partial charge in [0.05, 0.1) is 12.5 Å². The molecular formula is C10H11FN2O5. The number of halogens is 1. The molecule has 1 aromatic heterocycles. The molecule has 18 heavy (non-hydrogen) atoms. The zero-order valence-electron chi connectivity index (χ0n) is 9.08. The van der Waals surface area contributed by atoms with Gasteiger partial charge in [0, 0.05) is 11.8 Å². The first-order valence-corrected chi connectivity index (χ1v) is 4.86. The summed E-state index contributed by atoms with van der Waals surface area (Å²) in [5.74, 6) is -3.60. The number of pyridine rings is 1. The molecule has 2 unspecified atom stereocenters. The van der Waals surface area contributed by atoms with Crippen LogP contribution in [-0.4, -0.2) is 38.3 Å². The largest absolute Gasteiger partial charge is 0.478 e. The van der Waals surface area contributed by atoms with Gasteiger partial charge in [-0.15, -0.1) is 0 Å². The Morgan fingerprint density at radius 3 is 2.56 bits per heavy atom. The zero-order valence-corrected chi connectivity index (χ0v) is 9.08. The second-order valence-electron chi connectivity index (χ2n) is 3.59. The highest BCUT2D eigenvalue weighted by Crippen LogP contribution is 2.20. The quantitative estimate of drug-likeness (QED) is 0.510. The van der Waals surface area contributed by atoms with E-state index in [9.17, 15) is 24.2 Å². The first-order valence-electron chi connectivity index (χ1n) is 4.86. The van der Waals surface area contributed by atoms with Crippen LogP contribution in [-0.2, 0) is 4.79 Å². The Morgan fingerprint density at radius 2 is 2.06 bits per heavy atom. The molecule has 0 aliphatic rings. The average molecular weight is 258 g/mol. The lowest BCUT2D eigenvalue weighted by atomic mass is 10.0. The predicted molar refractivity (Wildman–Crippen MR) is 55.9 cm³/mol. The molecule has 0 spiro atoms. The molecule has 0 aliphatic heterocycles. The summed E-state index contributed by atoms with van der Waals surface area (Å²) in [5.41, 5.74) is 3.97. The summed E-state index contributed by atoms with van der Waals surface area (Å²) >= 11 is 0. The molecule has 0 bridgehead atoms. The van der Waals surface area contributed by atoms with Gasteiger partial charge in [-0.3, -0.25) is 4.79 Å². The topological polar surface area (TPSA) is 134 Å². The molecule has 1 heterocycles. The molecule has 0 fully saturated rings. The number of amides is 1. The summed E-state index contributed by atoms with van der Waals surface area (Å²) in [6.45, 7) is 0. The van der Waals surface area contributed by atoms with Crippen molar-refractivity contribution < 1.29 is 29.3 Å². The van der Waals surface area contributed by atoms with E-state index in [-0.39, 0.29) is 5.56 Å². The molecule has 1 aromatic rings. The Balaban J connectivity index is 2.99. The van der Waals surface area contributed by atoms with Crippen LogP contribution in [0.1, 0.15) is 28.4 Å². The van der Waals surface area contributed by atoms with Gasteiger partial charge >= 0.3 is 5.97 Å². The molecule has 0 aromatic carbocycles. The van der Waals surface area contributed by atoms with Crippen molar-refractivity contribution in [3.05, 3.63) is 29.3 Å². The SMILES string of the molecule is NC(=O)CC(O)C(O)c1cnc(F)c(C(=O)O)c1. The summed E-state index contributed by atoms with van der Waals surface area (Å²) in [7, 11) is 0. The van der Waals surface area contributed by atoms with Crippen molar-refractivity contribution in [3.8, 4) is 0 Å². The fourth-order valence-corrected chi connectivity index (χ4v) is 1.32. The average Bonchev–Trinajstić information content (AvgIpc) is 2.27. The second kappa shape index (κ2) is 5.52. The maximum atomic E-state index is 13.0. The maximum absolute atomic E-state index is 13.0. The summed E-state index contributed by atoms with van der Waals surface area (Å²) in [5, 5.41) is 27.7. The van der Waals surface area contributed by atoms with Crippen LogP contribution in [0, 0.1) is 5.95 Å². The number of hydrogen-bond acceptors (Lipinski definition) is 5. The molecule has 0 aliphatic carbocycles. The van der Waals surface area contributed by atoms with E-state index < -0.39 is 42.0 Å². The minimum atomic E-state index is -1.58. The van der Waals surface area contributed by atoms with Gasteiger partial charge in [0.15, 0.2) is 0 Å². The highest BCUT2D eigenvalue weighted by Gasteiger charge is 2.23. The molecular weight excluding hydrogens is 247 g/mol. The fourth-order valence-electron chi connectivity index (χ4n) is 1.32. The number of rotatable bonds is 5. The number of aliphatic hydroxyl groups excluding tert-OH is 2. The Bertz CT molecular complexity index is 479. The lowest BCUT2D eigenvalue weighted by molar-refractivity contribution is -0.121. The number of nitrogens with two attached hydrogens (primary N) is 1. The lowest BCUT2D eigenvalue weighted by Gasteiger charge is -2.16. The number of aliphatic hydroxyl groups is 2. The van der Waals surface area contributed by atoms with Gasteiger partial charge in [-0.2, -0.15) is 4.39 Å². The van der Waals surface area contributed by atoms with Crippen LogP contribution in [0.15, 0.2) is 12.3 Å². The Morgan fingerprint density at radius 1 is 1.44 bits per heavy atom. The predicted octanol–water partition coefficient (Wildman–Crippen LogP) is -0.811. The van der Waals surface area contributed by atoms with Gasteiger partial charge in [0.2, 0.25) is 11.9 Å². The smallest absolute Gasteiger partial charge is 0.340 e. The molecule has 2 atom stereocenters. The van der Waals surface area contributed by atoms with Gasteiger partial charge in [-0.1, -0.05) is 0 Å². The normalized spacial score (nSPS) is 13.9. The van der Waals surface area contributed by atoms with E-state index >= 15 is 0 Å². The molecule has 1 amide bonds. The first kappa shape index (κ1) is 14.0. The van der Waals surface area contributed by atoms with Crippen molar-refractivity contribution in [3.63, 3.8) is 0 Å². The van der Waals surface area contributed by atoms with Crippen LogP contribution in [0.3, 0.4) is 0 Å². The van der Waals surface area contributed by atoms with Crippen LogP contribution in [0.4, 0.5) is 4.39 Å². The highest BCUT2D eigenvalue weighted by molar-refractivity contribution is 5.87. The maximum Gasteiger partial charge on any atom is 0.340 e. The number of nitrogens with zero attached hydrogens (tertiary/aromatic N) is 1. The van der Waals surface area contributed by atoms with E-state index in [1.807, 2.05) is 0 Å². The van der Waals surface area contributed by atoms with E-state index in [4.69, 9.17) is 10.8 Å². The van der Waals surface area contributed by atoms with Gasteiger partial charge in [0.25, 0.3) is 0 Å². The molecule has 8 heteroatoms. The van der Waals surface area contributed by atoms with Crippen LogP contribution >= 0.6 is 0 Å². The highest BCUT2D eigenvalue weighted by atomic mass is 19.1. The standard InChI is InChI=1S/C10H11FN2O5/c11-9-5(10(17)18)1-4(3-13-9)8(16)6(14)2-7(12)15/h1,3,6,8,14,16H,2H2,(H2,12,15)(H,17,18). The Hall–Kier alpha value is -2.06. The molecule has 0 radical (unpaired) electrons. The van der Waals surface area contributed by atoms with E-state index in [0.717, 1.165) is 12.3 Å². The van der Waals surface area contributed by atoms with Crippen LogP contribution in [0.5, 0.6) is 0 Å². The third-order valence-electron chi connectivity index (χ3n) is 2.21. The number of aromatic carboxylic acids is 1. The summed E-state index contributed by atoms with van der Waals surface area (Å²) in [4.78, 5) is 24.4. The van der Waals surface area contributed by atoms with Crippen molar-refractivity contribution in [2.24, 2.45) is 5.73 Å². The zero-order chi connectivity index (χ0) is 13.9. The van der Waals surface area contributed by atoms with Crippen molar-refractivity contribution in [1.29, 1.82) is 0 Å². The number of carbonyl (C=O) groups is 2. The van der Waals surface area contributed by atoms with Crippen LogP contribution in [0.25, 0.3) is 0 Å². The van der Waals surface area contributed by atoms with Gasteiger partial charge in [-0.05, 0) is 6.07 Å². The number of aromatic nitrogens is 1. The first-order chi connectivity index (χ1) is 8.32. The molecule has 1 rings (SSSR count). The number of carboxylic acid groups (broad SMARTS) is 1. The van der Waals surface area contributed by atoms with Gasteiger partial charge in [-0.25, -0.2) is 9.78 Å². The van der Waals surface area contributed by atoms with Crippen molar-refractivity contribution in [2.45, 2.75) is 18.6 Å². The molecule has 5 N–H and O–H groups in total. The molecule has 98 valence electrons. The monoisotopic (exact) mass is 258 g/mol. The third kappa shape index (κ3) is 3.22. The third-order valence-corrected chi connectivity index (χ3v) is 2.21. The number of carbonyl (C=O) groups excluding carboxylic acids is 1. The fraction of sp³-hybridized carbons (Fsp3) is 0.300. The Labute approximate surface area is 101 Å². The van der Waals surface area contributed by atoms with Gasteiger partial charge in [0.1, 0.15) is 11.7 Å². The number of hydrogen-bond donors (Lipinski definition) is 4. The number of primary amides is 1. The van der Waals surface area contributed by atoms with E-state index in [2.05, 4.69) is 4.98 Å². The minimum absolute atomic E-state index is 0.123. The summed E-state index contributed by atoms with van der Waals surface area (Å²) < 4.78 is 13.0. The lowest BCUT2D eigenvalue weighted by Crippen LogP contribution is -2.26. The molecule has 0 saturated carbocycles. The minimum Gasteiger partial charge on any atom is -0.478 e. The molecule has 7 nitrogen and oxygen atoms in total. The van der Waals surface area contributed by atoms with Crippen LogP contribution in [0.2, 0.25) is 0 Å². The van der Waals surface area contributed by atoms with E-state index in [1.54, 1.807) is 0 Å².